The van der Waals surface area contributed by atoms with Crippen molar-refractivity contribution in [1.29, 1.82) is 0 Å². The predicted molar refractivity (Wildman–Crippen MR) is 162 cm³/mol. The average molecular weight is 633 g/mol. The SMILES string of the molecule is O=S(=O)(NCC(O)COc1ccc(C2c3[nH]c4ccc(Cl)cc4c3CCN2C(O)Oc2ccc(Cl)cc2)cc1)C1CC1. The van der Waals surface area contributed by atoms with E-state index in [1.165, 1.54) is 0 Å². The third kappa shape index (κ3) is 6.40. The van der Waals surface area contributed by atoms with Crippen molar-refractivity contribution in [2.45, 2.75) is 43.1 Å². The van der Waals surface area contributed by atoms with E-state index in [1.807, 2.05) is 35.2 Å². The smallest absolute Gasteiger partial charge is 0.260 e. The first kappa shape index (κ1) is 29.3. The van der Waals surface area contributed by atoms with Crippen molar-refractivity contribution in [1.82, 2.24) is 14.6 Å². The number of aliphatic hydroxyl groups excluding tert-OH is 2. The van der Waals surface area contributed by atoms with E-state index >= 15 is 0 Å². The molecule has 4 N–H and O–H groups in total. The molecule has 222 valence electrons. The first-order valence-electron chi connectivity index (χ1n) is 13.7. The first-order chi connectivity index (χ1) is 20.2. The van der Waals surface area contributed by atoms with Gasteiger partial charge in [-0.1, -0.05) is 35.3 Å². The molecular formula is C30H31Cl2N3O6S. The number of rotatable bonds is 11. The average Bonchev–Trinajstić information content (AvgIpc) is 3.79. The highest BCUT2D eigenvalue weighted by molar-refractivity contribution is 7.90. The standard InChI is InChI=1S/C30H31Cl2N3O6S/c31-19-3-8-23(9-4-19)41-30(37)35-14-13-25-26-15-20(32)5-12-27(26)34-28(25)29(35)18-1-6-22(7-2-18)40-17-21(36)16-33-42(38,39)24-10-11-24/h1-9,12,15,21,24,29-30,33-34,36-37H,10-11,13-14,16-17H2. The number of sulfonamides is 1. The van der Waals surface area contributed by atoms with Gasteiger partial charge in [-0.25, -0.2) is 18.0 Å². The molecule has 1 saturated carbocycles. The number of fused-ring (bicyclic) bond motifs is 3. The summed E-state index contributed by atoms with van der Waals surface area (Å²) in [5.41, 5.74) is 3.90. The van der Waals surface area contributed by atoms with Gasteiger partial charge < -0.3 is 24.7 Å². The number of H-pyrrole nitrogens is 1. The number of hydrogen-bond donors (Lipinski definition) is 4. The van der Waals surface area contributed by atoms with Crippen molar-refractivity contribution in [3.05, 3.63) is 93.6 Å². The molecule has 0 radical (unpaired) electrons. The van der Waals surface area contributed by atoms with Crippen LogP contribution in [-0.4, -0.2) is 66.0 Å². The van der Waals surface area contributed by atoms with Gasteiger partial charge in [0.15, 0.2) is 0 Å². The number of ether oxygens (including phenoxy) is 2. The molecule has 6 rings (SSSR count). The molecule has 2 heterocycles. The number of aromatic nitrogens is 1. The summed E-state index contributed by atoms with van der Waals surface area (Å²) >= 11 is 12.3. The number of hydrogen-bond acceptors (Lipinski definition) is 7. The van der Waals surface area contributed by atoms with E-state index < -0.39 is 22.5 Å². The Kier molecular flexibility index (Phi) is 8.39. The lowest BCUT2D eigenvalue weighted by Gasteiger charge is -2.38. The van der Waals surface area contributed by atoms with Crippen LogP contribution in [-0.2, 0) is 16.4 Å². The van der Waals surface area contributed by atoms with E-state index in [9.17, 15) is 18.6 Å². The Hall–Kier alpha value is -2.83. The number of nitrogens with one attached hydrogen (secondary N) is 2. The lowest BCUT2D eigenvalue weighted by Crippen LogP contribution is -2.46. The maximum absolute atomic E-state index is 12.0. The van der Waals surface area contributed by atoms with Crippen molar-refractivity contribution in [3.8, 4) is 11.5 Å². The van der Waals surface area contributed by atoms with Gasteiger partial charge in [0, 0.05) is 39.7 Å². The normalized spacial score (nSPS) is 18.9. The summed E-state index contributed by atoms with van der Waals surface area (Å²) < 4.78 is 38.1. The molecule has 3 aromatic carbocycles. The number of nitrogens with zero attached hydrogens (tertiary/aromatic N) is 1. The second-order valence-corrected chi connectivity index (χ2v) is 13.5. The minimum Gasteiger partial charge on any atom is -0.491 e. The van der Waals surface area contributed by atoms with Crippen LogP contribution in [0.2, 0.25) is 10.0 Å². The Balaban J connectivity index is 1.22. The molecule has 42 heavy (non-hydrogen) atoms. The maximum Gasteiger partial charge on any atom is 0.260 e. The van der Waals surface area contributed by atoms with E-state index in [0.717, 1.165) is 27.7 Å². The quantitative estimate of drug-likeness (QED) is 0.178. The van der Waals surface area contributed by atoms with Crippen LogP contribution < -0.4 is 14.2 Å². The summed E-state index contributed by atoms with van der Waals surface area (Å²) in [4.78, 5) is 5.41. The summed E-state index contributed by atoms with van der Waals surface area (Å²) in [5.74, 6) is 1.01. The zero-order valence-electron chi connectivity index (χ0n) is 22.5. The van der Waals surface area contributed by atoms with Crippen LogP contribution in [0.25, 0.3) is 10.9 Å². The van der Waals surface area contributed by atoms with Crippen LogP contribution in [0.3, 0.4) is 0 Å². The fourth-order valence-corrected chi connectivity index (χ4v) is 7.00. The second-order valence-electron chi connectivity index (χ2n) is 10.6. The fraction of sp³-hybridized carbons (Fsp3) is 0.333. The van der Waals surface area contributed by atoms with Gasteiger partial charge in [-0.2, -0.15) is 0 Å². The minimum absolute atomic E-state index is 0.0668. The Morgan fingerprint density at radius 1 is 0.976 bits per heavy atom. The highest BCUT2D eigenvalue weighted by atomic mass is 35.5. The number of benzene rings is 3. The minimum atomic E-state index is -3.37. The van der Waals surface area contributed by atoms with Crippen molar-refractivity contribution in [2.75, 3.05) is 19.7 Å². The van der Waals surface area contributed by atoms with Crippen molar-refractivity contribution in [2.24, 2.45) is 0 Å². The lowest BCUT2D eigenvalue weighted by atomic mass is 9.92. The second kappa shape index (κ2) is 12.0. The molecule has 0 saturated heterocycles. The molecule has 1 aliphatic carbocycles. The molecule has 12 heteroatoms. The molecule has 1 fully saturated rings. The van der Waals surface area contributed by atoms with Gasteiger partial charge in [0.1, 0.15) is 24.2 Å². The molecule has 0 amide bonds. The molecule has 1 aromatic heterocycles. The van der Waals surface area contributed by atoms with Gasteiger partial charge >= 0.3 is 0 Å². The van der Waals surface area contributed by atoms with E-state index in [-0.39, 0.29) is 24.4 Å². The van der Waals surface area contributed by atoms with E-state index in [4.69, 9.17) is 32.7 Å². The maximum atomic E-state index is 12.0. The Labute approximate surface area is 254 Å². The number of aliphatic hydroxyl groups is 2. The van der Waals surface area contributed by atoms with Crippen molar-refractivity contribution >= 4 is 44.1 Å². The molecule has 2 aliphatic rings. The summed E-state index contributed by atoms with van der Waals surface area (Å²) in [6.45, 7) is 0.350. The highest BCUT2D eigenvalue weighted by Gasteiger charge is 2.37. The Morgan fingerprint density at radius 2 is 1.67 bits per heavy atom. The van der Waals surface area contributed by atoms with Crippen LogP contribution in [0.4, 0.5) is 0 Å². The Bertz CT molecular complexity index is 1660. The fourth-order valence-electron chi connectivity index (χ4n) is 5.28. The summed E-state index contributed by atoms with van der Waals surface area (Å²) in [5, 5.41) is 23.4. The number of halogens is 2. The van der Waals surface area contributed by atoms with Crippen LogP contribution in [0.15, 0.2) is 66.7 Å². The lowest BCUT2D eigenvalue weighted by molar-refractivity contribution is -0.150. The van der Waals surface area contributed by atoms with Crippen LogP contribution >= 0.6 is 23.2 Å². The van der Waals surface area contributed by atoms with Crippen LogP contribution in [0, 0.1) is 0 Å². The van der Waals surface area contributed by atoms with E-state index in [1.54, 1.807) is 36.4 Å². The third-order valence-corrected chi connectivity index (χ3v) is 9.99. The van der Waals surface area contributed by atoms with Gasteiger partial charge in [-0.3, -0.25) is 0 Å². The zero-order chi connectivity index (χ0) is 29.4. The van der Waals surface area contributed by atoms with Crippen LogP contribution in [0.1, 0.15) is 35.7 Å². The summed E-state index contributed by atoms with van der Waals surface area (Å²) in [6.07, 6.45) is -0.246. The van der Waals surface area contributed by atoms with Crippen LogP contribution in [0.5, 0.6) is 11.5 Å². The Morgan fingerprint density at radius 3 is 2.38 bits per heavy atom. The summed E-state index contributed by atoms with van der Waals surface area (Å²) in [6, 6.07) is 19.6. The predicted octanol–water partition coefficient (Wildman–Crippen LogP) is 4.60. The molecule has 4 aromatic rings. The van der Waals surface area contributed by atoms with Crippen molar-refractivity contribution in [3.63, 3.8) is 0 Å². The van der Waals surface area contributed by atoms with Gasteiger partial charge in [0.05, 0.1) is 11.3 Å². The molecule has 3 unspecified atom stereocenters. The molecule has 9 nitrogen and oxygen atoms in total. The molecular weight excluding hydrogens is 601 g/mol. The summed E-state index contributed by atoms with van der Waals surface area (Å²) in [7, 11) is -3.37. The largest absolute Gasteiger partial charge is 0.491 e. The zero-order valence-corrected chi connectivity index (χ0v) is 24.9. The molecule has 0 spiro atoms. The highest BCUT2D eigenvalue weighted by Crippen LogP contribution is 2.40. The monoisotopic (exact) mass is 631 g/mol. The first-order valence-corrected chi connectivity index (χ1v) is 16.0. The third-order valence-electron chi connectivity index (χ3n) is 7.59. The van der Waals surface area contributed by atoms with Gasteiger partial charge in [0.2, 0.25) is 10.0 Å². The van der Waals surface area contributed by atoms with Gasteiger partial charge in [-0.15, -0.1) is 0 Å². The van der Waals surface area contributed by atoms with E-state index in [2.05, 4.69) is 9.71 Å². The van der Waals surface area contributed by atoms with Crippen molar-refractivity contribution < 1.29 is 28.1 Å². The molecule has 3 atom stereocenters. The topological polar surface area (TPSA) is 124 Å². The molecule has 1 aliphatic heterocycles. The van der Waals surface area contributed by atoms with Gasteiger partial charge in [-0.05, 0) is 85.0 Å². The molecule has 0 bridgehead atoms. The van der Waals surface area contributed by atoms with Gasteiger partial charge in [0.25, 0.3) is 6.41 Å². The number of aromatic amines is 1. The van der Waals surface area contributed by atoms with E-state index in [0.29, 0.717) is 47.4 Å².